The number of rotatable bonds is 8. The minimum absolute atomic E-state index is 0. The van der Waals surface area contributed by atoms with Crippen molar-refractivity contribution in [3.8, 4) is 0 Å². The fourth-order valence-electron chi connectivity index (χ4n) is 2.44. The SMILES string of the molecule is CCCCCCN=C(N)NCCc1cn2cccc(C)c2n1.I. The number of hydrogen-bond donors (Lipinski definition) is 2. The van der Waals surface area contributed by atoms with Crippen LogP contribution in [0.1, 0.15) is 43.9 Å². The van der Waals surface area contributed by atoms with Crippen LogP contribution in [-0.4, -0.2) is 28.4 Å². The minimum Gasteiger partial charge on any atom is -0.370 e. The lowest BCUT2D eigenvalue weighted by Crippen LogP contribution is -2.33. The van der Waals surface area contributed by atoms with Gasteiger partial charge in [0.2, 0.25) is 0 Å². The van der Waals surface area contributed by atoms with Crippen LogP contribution in [0.5, 0.6) is 0 Å². The van der Waals surface area contributed by atoms with E-state index >= 15 is 0 Å². The van der Waals surface area contributed by atoms with Gasteiger partial charge in [0, 0.05) is 31.9 Å². The van der Waals surface area contributed by atoms with Gasteiger partial charge in [0.15, 0.2) is 5.96 Å². The second-order valence-electron chi connectivity index (χ2n) is 5.66. The number of imidazole rings is 1. The van der Waals surface area contributed by atoms with E-state index < -0.39 is 0 Å². The maximum absolute atomic E-state index is 5.87. The summed E-state index contributed by atoms with van der Waals surface area (Å²) in [6, 6.07) is 4.11. The molecule has 0 saturated heterocycles. The van der Waals surface area contributed by atoms with Gasteiger partial charge in [0.25, 0.3) is 0 Å². The van der Waals surface area contributed by atoms with E-state index in [9.17, 15) is 0 Å². The Morgan fingerprint density at radius 3 is 2.91 bits per heavy atom. The van der Waals surface area contributed by atoms with E-state index in [-0.39, 0.29) is 24.0 Å². The summed E-state index contributed by atoms with van der Waals surface area (Å²) in [5.41, 5.74) is 9.15. The van der Waals surface area contributed by atoms with Gasteiger partial charge in [-0.25, -0.2) is 4.98 Å². The van der Waals surface area contributed by atoms with E-state index in [1.54, 1.807) is 0 Å². The Morgan fingerprint density at radius 2 is 2.17 bits per heavy atom. The maximum Gasteiger partial charge on any atom is 0.188 e. The summed E-state index contributed by atoms with van der Waals surface area (Å²) in [5, 5.41) is 3.16. The van der Waals surface area contributed by atoms with Crippen LogP contribution in [0.3, 0.4) is 0 Å². The average Bonchev–Trinajstić information content (AvgIpc) is 2.91. The lowest BCUT2D eigenvalue weighted by molar-refractivity contribution is 0.673. The van der Waals surface area contributed by atoms with Gasteiger partial charge in [0.05, 0.1) is 5.69 Å². The van der Waals surface area contributed by atoms with Crippen molar-refractivity contribution in [2.24, 2.45) is 10.7 Å². The van der Waals surface area contributed by atoms with Crippen molar-refractivity contribution >= 4 is 35.6 Å². The van der Waals surface area contributed by atoms with Gasteiger partial charge >= 0.3 is 0 Å². The monoisotopic (exact) mass is 429 g/mol. The third-order valence-corrected chi connectivity index (χ3v) is 3.71. The van der Waals surface area contributed by atoms with E-state index in [4.69, 9.17) is 5.73 Å². The summed E-state index contributed by atoms with van der Waals surface area (Å²) in [4.78, 5) is 8.99. The Labute approximate surface area is 155 Å². The predicted molar refractivity (Wildman–Crippen MR) is 108 cm³/mol. The zero-order valence-corrected chi connectivity index (χ0v) is 16.4. The normalized spacial score (nSPS) is 11.5. The highest BCUT2D eigenvalue weighted by Crippen LogP contribution is 2.09. The van der Waals surface area contributed by atoms with Crippen LogP contribution in [0.25, 0.3) is 5.65 Å². The van der Waals surface area contributed by atoms with Crippen LogP contribution < -0.4 is 11.1 Å². The standard InChI is InChI=1S/C17H27N5.HI/c1-3-4-5-6-10-19-17(18)20-11-9-15-13-22-12-7-8-14(2)16(22)21-15;/h7-8,12-13H,3-6,9-11H2,1-2H3,(H3,18,19,20);1H. The molecule has 2 heterocycles. The van der Waals surface area contributed by atoms with Crippen molar-refractivity contribution in [2.45, 2.75) is 46.0 Å². The molecule has 0 spiro atoms. The first-order valence-electron chi connectivity index (χ1n) is 8.17. The van der Waals surface area contributed by atoms with Crippen molar-refractivity contribution < 1.29 is 0 Å². The van der Waals surface area contributed by atoms with Gasteiger partial charge in [-0.15, -0.1) is 24.0 Å². The third kappa shape index (κ3) is 6.37. The number of fused-ring (bicyclic) bond motifs is 1. The molecule has 0 fully saturated rings. The summed E-state index contributed by atoms with van der Waals surface area (Å²) < 4.78 is 2.07. The Hall–Kier alpha value is -1.31. The summed E-state index contributed by atoms with van der Waals surface area (Å²) in [6.07, 6.45) is 9.80. The molecule has 0 aliphatic heterocycles. The van der Waals surface area contributed by atoms with Gasteiger partial charge in [-0.2, -0.15) is 0 Å². The summed E-state index contributed by atoms with van der Waals surface area (Å²) in [7, 11) is 0. The fraction of sp³-hybridized carbons (Fsp3) is 0.529. The van der Waals surface area contributed by atoms with Crippen molar-refractivity contribution in [1.82, 2.24) is 14.7 Å². The van der Waals surface area contributed by atoms with Crippen LogP contribution in [0.2, 0.25) is 0 Å². The molecule has 0 aliphatic carbocycles. The zero-order chi connectivity index (χ0) is 15.8. The number of unbranched alkanes of at least 4 members (excludes halogenated alkanes) is 3. The van der Waals surface area contributed by atoms with Crippen LogP contribution in [0.4, 0.5) is 0 Å². The Morgan fingerprint density at radius 1 is 1.35 bits per heavy atom. The quantitative estimate of drug-likeness (QED) is 0.293. The number of nitrogens with two attached hydrogens (primary N) is 1. The number of aliphatic imine (C=N–C) groups is 1. The van der Waals surface area contributed by atoms with Crippen molar-refractivity contribution in [1.29, 1.82) is 0 Å². The molecule has 0 amide bonds. The van der Waals surface area contributed by atoms with E-state index in [1.165, 1.54) is 24.8 Å². The number of nitrogens with zero attached hydrogens (tertiary/aromatic N) is 3. The first kappa shape index (κ1) is 19.7. The van der Waals surface area contributed by atoms with Crippen LogP contribution in [-0.2, 0) is 6.42 Å². The van der Waals surface area contributed by atoms with Gasteiger partial charge < -0.3 is 15.5 Å². The largest absolute Gasteiger partial charge is 0.370 e. The summed E-state index contributed by atoms with van der Waals surface area (Å²) >= 11 is 0. The topological polar surface area (TPSA) is 67.7 Å². The molecule has 0 unspecified atom stereocenters. The molecule has 0 saturated carbocycles. The van der Waals surface area contributed by atoms with Gasteiger partial charge in [-0.1, -0.05) is 32.3 Å². The zero-order valence-electron chi connectivity index (χ0n) is 14.1. The lowest BCUT2D eigenvalue weighted by Gasteiger charge is -2.04. The molecule has 23 heavy (non-hydrogen) atoms. The van der Waals surface area contributed by atoms with Gasteiger partial charge in [-0.3, -0.25) is 4.99 Å². The molecule has 3 N–H and O–H groups in total. The lowest BCUT2D eigenvalue weighted by atomic mass is 10.2. The minimum atomic E-state index is 0. The Bertz CT molecular complexity index is 620. The third-order valence-electron chi connectivity index (χ3n) is 3.71. The number of guanidine groups is 1. The molecule has 5 nitrogen and oxygen atoms in total. The summed E-state index contributed by atoms with van der Waals surface area (Å²) in [5.74, 6) is 0.538. The van der Waals surface area contributed by atoms with Crippen LogP contribution >= 0.6 is 24.0 Å². The number of hydrogen-bond acceptors (Lipinski definition) is 2. The number of halogens is 1. The second-order valence-corrected chi connectivity index (χ2v) is 5.66. The molecule has 2 rings (SSSR count). The van der Waals surface area contributed by atoms with Gasteiger partial charge in [0.1, 0.15) is 5.65 Å². The molecule has 0 aromatic carbocycles. The highest BCUT2D eigenvalue weighted by atomic mass is 127. The summed E-state index contributed by atoms with van der Waals surface area (Å²) in [6.45, 7) is 5.85. The van der Waals surface area contributed by atoms with Crippen molar-refractivity contribution in [3.05, 3.63) is 35.8 Å². The van der Waals surface area contributed by atoms with Gasteiger partial charge in [-0.05, 0) is 25.0 Å². The molecule has 0 aliphatic rings. The Kier molecular flexibility index (Phi) is 8.98. The highest BCUT2D eigenvalue weighted by molar-refractivity contribution is 14.0. The second kappa shape index (κ2) is 10.5. The first-order chi connectivity index (χ1) is 10.7. The fourth-order valence-corrected chi connectivity index (χ4v) is 2.44. The van der Waals surface area contributed by atoms with E-state index in [0.29, 0.717) is 5.96 Å². The molecule has 0 radical (unpaired) electrons. The first-order valence-corrected chi connectivity index (χ1v) is 8.17. The van der Waals surface area contributed by atoms with Crippen molar-refractivity contribution in [3.63, 3.8) is 0 Å². The number of nitrogens with one attached hydrogen (secondary N) is 1. The average molecular weight is 429 g/mol. The van der Waals surface area contributed by atoms with Crippen LogP contribution in [0.15, 0.2) is 29.5 Å². The maximum atomic E-state index is 5.87. The molecule has 0 atom stereocenters. The molecule has 128 valence electrons. The molecule has 2 aromatic rings. The van der Waals surface area contributed by atoms with E-state index in [0.717, 1.165) is 37.3 Å². The van der Waals surface area contributed by atoms with Crippen LogP contribution in [0, 0.1) is 6.92 Å². The molecular formula is C17H28IN5. The number of aromatic nitrogens is 2. The number of pyridine rings is 1. The molecule has 0 bridgehead atoms. The Balaban J connectivity index is 0.00000264. The van der Waals surface area contributed by atoms with E-state index in [2.05, 4.69) is 45.8 Å². The number of aryl methyl sites for hydroxylation is 1. The van der Waals surface area contributed by atoms with E-state index in [1.807, 2.05) is 12.3 Å². The van der Waals surface area contributed by atoms with Crippen molar-refractivity contribution in [2.75, 3.05) is 13.1 Å². The molecular weight excluding hydrogens is 401 g/mol. The smallest absolute Gasteiger partial charge is 0.188 e. The molecule has 2 aromatic heterocycles. The highest BCUT2D eigenvalue weighted by Gasteiger charge is 2.03. The molecule has 6 heteroatoms. The predicted octanol–water partition coefficient (Wildman–Crippen LogP) is 3.29.